The van der Waals surface area contributed by atoms with Gasteiger partial charge >= 0.3 is 0 Å². The van der Waals surface area contributed by atoms with Crippen molar-refractivity contribution in [1.82, 2.24) is 0 Å². The molecule has 4 heteroatoms. The van der Waals surface area contributed by atoms with Crippen LogP contribution < -0.4 is 11.1 Å². The lowest BCUT2D eigenvalue weighted by Gasteiger charge is -2.14. The van der Waals surface area contributed by atoms with Crippen LogP contribution in [0.5, 0.6) is 0 Å². The predicted molar refractivity (Wildman–Crippen MR) is 86.1 cm³/mol. The van der Waals surface area contributed by atoms with E-state index in [1.807, 2.05) is 30.0 Å². The van der Waals surface area contributed by atoms with E-state index in [1.165, 1.54) is 30.6 Å². The Balaban J connectivity index is 1.91. The summed E-state index contributed by atoms with van der Waals surface area (Å²) >= 11 is 1.91. The van der Waals surface area contributed by atoms with Crippen molar-refractivity contribution in [3.8, 4) is 0 Å². The number of anilines is 1. The lowest BCUT2D eigenvalue weighted by atomic mass is 10.2. The Hall–Kier alpha value is -1.00. The first-order valence-electron chi connectivity index (χ1n) is 7.55. The molecule has 3 N–H and O–H groups in total. The van der Waals surface area contributed by atoms with Gasteiger partial charge in [-0.2, -0.15) is 0 Å². The molecule has 2 rings (SSSR count). The Morgan fingerprint density at radius 1 is 1.25 bits per heavy atom. The van der Waals surface area contributed by atoms with Crippen molar-refractivity contribution in [3.63, 3.8) is 0 Å². The molecule has 110 valence electrons. The van der Waals surface area contributed by atoms with Gasteiger partial charge in [-0.3, -0.25) is 4.79 Å². The molecule has 1 fully saturated rings. The summed E-state index contributed by atoms with van der Waals surface area (Å²) in [5, 5.41) is 3.76. The molecule has 1 aliphatic rings. The van der Waals surface area contributed by atoms with Crippen molar-refractivity contribution in [1.29, 1.82) is 0 Å². The molecule has 1 saturated carbocycles. The van der Waals surface area contributed by atoms with Gasteiger partial charge in [0.05, 0.1) is 5.69 Å². The molecule has 0 spiro atoms. The molecule has 0 radical (unpaired) electrons. The number of thioether (sulfide) groups is 1. The van der Waals surface area contributed by atoms with E-state index in [1.54, 1.807) is 0 Å². The molecule has 3 nitrogen and oxygen atoms in total. The van der Waals surface area contributed by atoms with Gasteiger partial charge in [0.25, 0.3) is 0 Å². The highest BCUT2D eigenvalue weighted by Crippen LogP contribution is 2.37. The molecule has 1 aromatic carbocycles. The first-order valence-corrected chi connectivity index (χ1v) is 8.43. The number of nitrogens with one attached hydrogen (secondary N) is 1. The number of benzene rings is 1. The summed E-state index contributed by atoms with van der Waals surface area (Å²) in [7, 11) is 0. The lowest BCUT2D eigenvalue weighted by Crippen LogP contribution is -2.13. The Labute approximate surface area is 125 Å². The summed E-state index contributed by atoms with van der Waals surface area (Å²) in [5.74, 6) is 0.0953. The molecule has 0 aliphatic heterocycles. The van der Waals surface area contributed by atoms with E-state index >= 15 is 0 Å². The van der Waals surface area contributed by atoms with Gasteiger partial charge < -0.3 is 11.1 Å². The molecule has 0 aromatic heterocycles. The number of unbranched alkanes of at least 4 members (excludes halogenated alkanes) is 1. The van der Waals surface area contributed by atoms with E-state index in [9.17, 15) is 4.79 Å². The van der Waals surface area contributed by atoms with Crippen molar-refractivity contribution >= 4 is 23.4 Å². The van der Waals surface area contributed by atoms with E-state index in [-0.39, 0.29) is 5.91 Å². The number of amides is 1. The number of para-hydroxylation sites is 1. The van der Waals surface area contributed by atoms with Crippen LogP contribution in [0, 0.1) is 0 Å². The number of carbonyl (C=O) groups is 1. The van der Waals surface area contributed by atoms with Gasteiger partial charge in [0, 0.05) is 16.6 Å². The highest BCUT2D eigenvalue weighted by atomic mass is 32.2. The van der Waals surface area contributed by atoms with Gasteiger partial charge in [-0.05, 0) is 44.4 Å². The zero-order chi connectivity index (χ0) is 14.2. The fraction of sp³-hybridized carbons (Fsp3) is 0.562. The zero-order valence-corrected chi connectivity index (χ0v) is 12.8. The van der Waals surface area contributed by atoms with Gasteiger partial charge in [0.15, 0.2) is 0 Å². The summed E-state index contributed by atoms with van der Waals surface area (Å²) in [6.45, 7) is 0.654. The maximum absolute atomic E-state index is 11.9. The minimum Gasteiger partial charge on any atom is -0.330 e. The summed E-state index contributed by atoms with van der Waals surface area (Å²) in [6, 6.07) is 8.13. The van der Waals surface area contributed by atoms with Crippen LogP contribution >= 0.6 is 11.8 Å². The minimum atomic E-state index is 0.0953. The van der Waals surface area contributed by atoms with Gasteiger partial charge in [-0.1, -0.05) is 25.0 Å². The van der Waals surface area contributed by atoms with E-state index in [0.29, 0.717) is 18.2 Å². The second-order valence-corrected chi connectivity index (χ2v) is 6.66. The Kier molecular flexibility index (Phi) is 6.40. The number of rotatable bonds is 7. The fourth-order valence-electron chi connectivity index (χ4n) is 2.50. The number of hydrogen-bond acceptors (Lipinski definition) is 3. The Morgan fingerprint density at radius 3 is 2.75 bits per heavy atom. The minimum absolute atomic E-state index is 0.0953. The molecule has 0 unspecified atom stereocenters. The van der Waals surface area contributed by atoms with Crippen LogP contribution in [-0.4, -0.2) is 17.7 Å². The van der Waals surface area contributed by atoms with Crippen LogP contribution in [-0.2, 0) is 4.79 Å². The Morgan fingerprint density at radius 2 is 2.00 bits per heavy atom. The maximum atomic E-state index is 11.9. The quantitative estimate of drug-likeness (QED) is 0.752. The van der Waals surface area contributed by atoms with Crippen molar-refractivity contribution in [2.45, 2.75) is 55.1 Å². The first-order chi connectivity index (χ1) is 9.79. The predicted octanol–water partition coefficient (Wildman–Crippen LogP) is 3.79. The van der Waals surface area contributed by atoms with E-state index in [2.05, 4.69) is 11.4 Å². The normalized spacial score (nSPS) is 15.4. The average molecular weight is 292 g/mol. The summed E-state index contributed by atoms with van der Waals surface area (Å²) in [4.78, 5) is 13.1. The van der Waals surface area contributed by atoms with Gasteiger partial charge in [0.1, 0.15) is 0 Å². The topological polar surface area (TPSA) is 55.1 Å². The van der Waals surface area contributed by atoms with Crippen molar-refractivity contribution in [2.24, 2.45) is 5.73 Å². The van der Waals surface area contributed by atoms with Crippen LogP contribution in [0.25, 0.3) is 0 Å². The third-order valence-corrected chi connectivity index (χ3v) is 5.03. The first kappa shape index (κ1) is 15.4. The third kappa shape index (κ3) is 4.84. The smallest absolute Gasteiger partial charge is 0.224 e. The monoisotopic (exact) mass is 292 g/mol. The van der Waals surface area contributed by atoms with Crippen LogP contribution in [0.4, 0.5) is 5.69 Å². The van der Waals surface area contributed by atoms with Crippen LogP contribution in [0.1, 0.15) is 44.9 Å². The van der Waals surface area contributed by atoms with Crippen molar-refractivity contribution in [3.05, 3.63) is 24.3 Å². The Bertz CT molecular complexity index is 430. The van der Waals surface area contributed by atoms with Crippen molar-refractivity contribution < 1.29 is 4.79 Å². The second-order valence-electron chi connectivity index (χ2n) is 5.31. The van der Waals surface area contributed by atoms with E-state index in [0.717, 1.165) is 18.5 Å². The lowest BCUT2D eigenvalue weighted by molar-refractivity contribution is -0.116. The van der Waals surface area contributed by atoms with Gasteiger partial charge in [-0.15, -0.1) is 11.8 Å². The molecule has 0 bridgehead atoms. The van der Waals surface area contributed by atoms with Crippen molar-refractivity contribution in [2.75, 3.05) is 11.9 Å². The largest absolute Gasteiger partial charge is 0.330 e. The molecule has 1 aliphatic carbocycles. The molecule has 0 atom stereocenters. The van der Waals surface area contributed by atoms with E-state index in [4.69, 9.17) is 5.73 Å². The number of carbonyl (C=O) groups excluding carboxylic acids is 1. The summed E-state index contributed by atoms with van der Waals surface area (Å²) in [5.41, 5.74) is 6.41. The van der Waals surface area contributed by atoms with Crippen LogP contribution in [0.15, 0.2) is 29.2 Å². The highest BCUT2D eigenvalue weighted by Gasteiger charge is 2.17. The zero-order valence-electron chi connectivity index (χ0n) is 11.9. The summed E-state index contributed by atoms with van der Waals surface area (Å²) in [6.07, 6.45) is 7.59. The average Bonchev–Trinajstić information content (AvgIpc) is 2.94. The maximum Gasteiger partial charge on any atom is 0.224 e. The molecular weight excluding hydrogens is 268 g/mol. The second kappa shape index (κ2) is 8.32. The molecule has 1 amide bonds. The number of hydrogen-bond donors (Lipinski definition) is 2. The number of nitrogens with two attached hydrogens (primary N) is 1. The highest BCUT2D eigenvalue weighted by molar-refractivity contribution is 8.00. The van der Waals surface area contributed by atoms with Crippen LogP contribution in [0.3, 0.4) is 0 Å². The van der Waals surface area contributed by atoms with Gasteiger partial charge in [-0.25, -0.2) is 0 Å². The van der Waals surface area contributed by atoms with Gasteiger partial charge in [0.2, 0.25) is 5.91 Å². The van der Waals surface area contributed by atoms with Crippen LogP contribution in [0.2, 0.25) is 0 Å². The van der Waals surface area contributed by atoms with E-state index < -0.39 is 0 Å². The molecule has 1 aromatic rings. The standard InChI is InChI=1S/C16H24N2OS/c17-12-6-5-11-16(19)18-14-9-3-4-10-15(14)20-13-7-1-2-8-13/h3-4,9-10,13H,1-2,5-8,11-12,17H2,(H,18,19). The molecule has 0 saturated heterocycles. The fourth-order valence-corrected chi connectivity index (χ4v) is 3.83. The third-order valence-electron chi connectivity index (χ3n) is 3.61. The molecule has 0 heterocycles. The molecular formula is C16H24N2OS. The molecule has 20 heavy (non-hydrogen) atoms. The summed E-state index contributed by atoms with van der Waals surface area (Å²) < 4.78 is 0. The SMILES string of the molecule is NCCCCC(=O)Nc1ccccc1SC1CCCC1.